The molecule has 0 aromatic carbocycles. The standard InChI is InChI=1S/C13H23NO4/c1-5-6-7-8-9-18-12(17)14-10(11(15)16)13(2,3)4/h5,10H,1,6-9H2,2-4H3,(H,14,17)(H,15,16). The minimum atomic E-state index is -1.06. The van der Waals surface area contributed by atoms with Gasteiger partial charge in [-0.15, -0.1) is 6.58 Å². The first-order chi connectivity index (χ1) is 8.29. The van der Waals surface area contributed by atoms with Crippen molar-refractivity contribution < 1.29 is 19.4 Å². The maximum Gasteiger partial charge on any atom is 0.407 e. The molecule has 0 radical (unpaired) electrons. The molecular formula is C13H23NO4. The lowest BCUT2D eigenvalue weighted by atomic mass is 9.87. The van der Waals surface area contributed by atoms with E-state index >= 15 is 0 Å². The van der Waals surface area contributed by atoms with Crippen LogP contribution in [0, 0.1) is 5.41 Å². The van der Waals surface area contributed by atoms with Crippen LogP contribution in [-0.2, 0) is 9.53 Å². The fraction of sp³-hybridized carbons (Fsp3) is 0.692. The highest BCUT2D eigenvalue weighted by atomic mass is 16.5. The third-order valence-electron chi connectivity index (χ3n) is 2.41. The summed E-state index contributed by atoms with van der Waals surface area (Å²) < 4.78 is 4.92. The van der Waals surface area contributed by atoms with E-state index in [2.05, 4.69) is 11.9 Å². The Morgan fingerprint density at radius 1 is 1.39 bits per heavy atom. The van der Waals surface area contributed by atoms with Crippen LogP contribution in [0.4, 0.5) is 4.79 Å². The van der Waals surface area contributed by atoms with Crippen LogP contribution in [0.5, 0.6) is 0 Å². The van der Waals surface area contributed by atoms with Crippen molar-refractivity contribution in [1.29, 1.82) is 0 Å². The van der Waals surface area contributed by atoms with E-state index in [1.807, 2.05) is 0 Å². The van der Waals surface area contributed by atoms with Gasteiger partial charge in [-0.2, -0.15) is 0 Å². The lowest BCUT2D eigenvalue weighted by Crippen LogP contribution is -2.49. The molecule has 5 heteroatoms. The molecule has 5 nitrogen and oxygen atoms in total. The second-order valence-corrected chi connectivity index (χ2v) is 5.20. The van der Waals surface area contributed by atoms with Gasteiger partial charge in [0, 0.05) is 0 Å². The van der Waals surface area contributed by atoms with Crippen molar-refractivity contribution in [3.63, 3.8) is 0 Å². The number of carboxylic acids is 1. The molecule has 0 aromatic rings. The summed E-state index contributed by atoms with van der Waals surface area (Å²) in [4.78, 5) is 22.4. The van der Waals surface area contributed by atoms with Crippen molar-refractivity contribution in [2.75, 3.05) is 6.61 Å². The second-order valence-electron chi connectivity index (χ2n) is 5.20. The molecule has 0 bridgehead atoms. The highest BCUT2D eigenvalue weighted by molar-refractivity contribution is 5.80. The van der Waals surface area contributed by atoms with Crippen LogP contribution in [0.25, 0.3) is 0 Å². The molecule has 2 N–H and O–H groups in total. The van der Waals surface area contributed by atoms with Gasteiger partial charge >= 0.3 is 12.1 Å². The van der Waals surface area contributed by atoms with Crippen LogP contribution in [0.2, 0.25) is 0 Å². The molecule has 1 atom stereocenters. The zero-order valence-corrected chi connectivity index (χ0v) is 11.4. The Labute approximate surface area is 108 Å². The Morgan fingerprint density at radius 2 is 2.00 bits per heavy atom. The average molecular weight is 257 g/mol. The number of hydrogen-bond donors (Lipinski definition) is 2. The fourth-order valence-electron chi connectivity index (χ4n) is 1.36. The monoisotopic (exact) mass is 257 g/mol. The number of allylic oxidation sites excluding steroid dienone is 1. The number of unbranched alkanes of at least 4 members (excludes halogenated alkanes) is 2. The number of aliphatic carboxylic acids is 1. The topological polar surface area (TPSA) is 75.6 Å². The molecule has 0 aliphatic rings. The van der Waals surface area contributed by atoms with Gasteiger partial charge in [0.25, 0.3) is 0 Å². The fourth-order valence-corrected chi connectivity index (χ4v) is 1.36. The molecule has 0 aromatic heterocycles. The minimum Gasteiger partial charge on any atom is -0.480 e. The summed E-state index contributed by atoms with van der Waals surface area (Å²) in [5, 5.41) is 11.4. The maximum atomic E-state index is 11.4. The van der Waals surface area contributed by atoms with E-state index in [0.717, 1.165) is 19.3 Å². The molecule has 0 saturated heterocycles. The van der Waals surface area contributed by atoms with E-state index in [1.165, 1.54) is 0 Å². The van der Waals surface area contributed by atoms with Crippen molar-refractivity contribution in [3.8, 4) is 0 Å². The number of ether oxygens (including phenoxy) is 1. The van der Waals surface area contributed by atoms with Gasteiger partial charge in [0.2, 0.25) is 0 Å². The predicted molar refractivity (Wildman–Crippen MR) is 69.4 cm³/mol. The van der Waals surface area contributed by atoms with Crippen LogP contribution in [0.1, 0.15) is 40.0 Å². The highest BCUT2D eigenvalue weighted by Crippen LogP contribution is 2.19. The third kappa shape index (κ3) is 6.93. The largest absolute Gasteiger partial charge is 0.480 e. The minimum absolute atomic E-state index is 0.288. The van der Waals surface area contributed by atoms with E-state index in [-0.39, 0.29) is 6.61 Å². The third-order valence-corrected chi connectivity index (χ3v) is 2.41. The van der Waals surface area contributed by atoms with E-state index in [1.54, 1.807) is 26.8 Å². The molecule has 0 heterocycles. The zero-order chi connectivity index (χ0) is 14.2. The Hall–Kier alpha value is -1.52. The van der Waals surface area contributed by atoms with E-state index in [4.69, 9.17) is 9.84 Å². The van der Waals surface area contributed by atoms with Gasteiger partial charge in [0.05, 0.1) is 6.61 Å². The van der Waals surface area contributed by atoms with Gasteiger partial charge < -0.3 is 15.2 Å². The first kappa shape index (κ1) is 16.5. The summed E-state index contributed by atoms with van der Waals surface area (Å²) in [6, 6.07) is -0.960. The molecule has 0 aliphatic heterocycles. The Bertz CT molecular complexity index is 294. The molecule has 104 valence electrons. The Morgan fingerprint density at radius 3 is 2.44 bits per heavy atom. The first-order valence-electron chi connectivity index (χ1n) is 6.06. The van der Waals surface area contributed by atoms with Gasteiger partial charge in [-0.3, -0.25) is 0 Å². The summed E-state index contributed by atoms with van der Waals surface area (Å²) in [6.07, 6.45) is 3.64. The number of hydrogen-bond acceptors (Lipinski definition) is 3. The summed E-state index contributed by atoms with van der Waals surface area (Å²) >= 11 is 0. The van der Waals surface area contributed by atoms with Crippen molar-refractivity contribution in [1.82, 2.24) is 5.32 Å². The van der Waals surface area contributed by atoms with E-state index in [9.17, 15) is 9.59 Å². The molecule has 1 unspecified atom stereocenters. The number of rotatable bonds is 7. The zero-order valence-electron chi connectivity index (χ0n) is 11.4. The molecule has 0 saturated carbocycles. The van der Waals surface area contributed by atoms with Crippen LogP contribution in [0.3, 0.4) is 0 Å². The molecule has 18 heavy (non-hydrogen) atoms. The summed E-state index contributed by atoms with van der Waals surface area (Å²) in [6.45, 7) is 9.12. The van der Waals surface area contributed by atoms with Crippen LogP contribution in [0.15, 0.2) is 12.7 Å². The molecule has 0 fully saturated rings. The van der Waals surface area contributed by atoms with Crippen molar-refractivity contribution in [2.24, 2.45) is 5.41 Å². The van der Waals surface area contributed by atoms with Gasteiger partial charge in [0.15, 0.2) is 0 Å². The maximum absolute atomic E-state index is 11.4. The molecular weight excluding hydrogens is 234 g/mol. The summed E-state index contributed by atoms with van der Waals surface area (Å²) in [5.41, 5.74) is -0.562. The average Bonchev–Trinajstić information content (AvgIpc) is 2.23. The van der Waals surface area contributed by atoms with Crippen LogP contribution in [-0.4, -0.2) is 29.8 Å². The van der Waals surface area contributed by atoms with E-state index < -0.39 is 23.5 Å². The van der Waals surface area contributed by atoms with Gasteiger partial charge in [0.1, 0.15) is 6.04 Å². The number of alkyl carbamates (subject to hydrolysis) is 1. The number of amides is 1. The smallest absolute Gasteiger partial charge is 0.407 e. The highest BCUT2D eigenvalue weighted by Gasteiger charge is 2.32. The number of carbonyl (C=O) groups is 2. The lowest BCUT2D eigenvalue weighted by Gasteiger charge is -2.27. The number of carboxylic acid groups (broad SMARTS) is 1. The Kier molecular flexibility index (Phi) is 7.08. The van der Waals surface area contributed by atoms with Gasteiger partial charge in [-0.05, 0) is 24.7 Å². The Balaban J connectivity index is 4.04. The SMILES string of the molecule is C=CCCCCOC(=O)NC(C(=O)O)C(C)(C)C. The normalized spacial score (nSPS) is 12.6. The molecule has 0 spiro atoms. The molecule has 0 aliphatic carbocycles. The second kappa shape index (κ2) is 7.74. The quantitative estimate of drug-likeness (QED) is 0.543. The van der Waals surface area contributed by atoms with Crippen molar-refractivity contribution in [3.05, 3.63) is 12.7 Å². The van der Waals surface area contributed by atoms with E-state index in [0.29, 0.717) is 0 Å². The van der Waals surface area contributed by atoms with Gasteiger partial charge in [-0.25, -0.2) is 9.59 Å². The van der Waals surface area contributed by atoms with Crippen LogP contribution < -0.4 is 5.32 Å². The lowest BCUT2D eigenvalue weighted by molar-refractivity contribution is -0.142. The van der Waals surface area contributed by atoms with Crippen LogP contribution >= 0.6 is 0 Å². The number of carbonyl (C=O) groups excluding carboxylic acids is 1. The van der Waals surface area contributed by atoms with Crippen molar-refractivity contribution >= 4 is 12.1 Å². The molecule has 0 rings (SSSR count). The first-order valence-corrected chi connectivity index (χ1v) is 6.06. The summed E-state index contributed by atoms with van der Waals surface area (Å²) in [5.74, 6) is -1.06. The predicted octanol–water partition coefficient (Wildman–Crippen LogP) is 2.57. The molecule has 1 amide bonds. The van der Waals surface area contributed by atoms with Crippen molar-refractivity contribution in [2.45, 2.75) is 46.1 Å². The summed E-state index contributed by atoms with van der Waals surface area (Å²) in [7, 11) is 0. The number of nitrogens with one attached hydrogen (secondary N) is 1. The van der Waals surface area contributed by atoms with Gasteiger partial charge in [-0.1, -0.05) is 26.8 Å².